The lowest BCUT2D eigenvalue weighted by atomic mass is 10.1. The Bertz CT molecular complexity index is 566. The highest BCUT2D eigenvalue weighted by Gasteiger charge is 2.04. The van der Waals surface area contributed by atoms with Crippen molar-refractivity contribution >= 4 is 11.3 Å². The summed E-state index contributed by atoms with van der Waals surface area (Å²) in [4.78, 5) is 5.76. The van der Waals surface area contributed by atoms with Crippen LogP contribution in [0.1, 0.15) is 34.4 Å². The lowest BCUT2D eigenvalue weighted by molar-refractivity contribution is 0.319. The number of nitrogens with zero attached hydrogens (tertiary/aromatic N) is 1. The van der Waals surface area contributed by atoms with Crippen LogP contribution in [0.3, 0.4) is 0 Å². The maximum absolute atomic E-state index is 5.88. The maximum atomic E-state index is 5.88. The second kappa shape index (κ2) is 8.15. The summed E-state index contributed by atoms with van der Waals surface area (Å²) in [6.07, 6.45) is 4.00. The van der Waals surface area contributed by atoms with Gasteiger partial charge in [-0.25, -0.2) is 4.98 Å². The first-order valence-corrected chi connectivity index (χ1v) is 8.35. The topological polar surface area (TPSA) is 34.2 Å². The van der Waals surface area contributed by atoms with Crippen molar-refractivity contribution in [3.05, 3.63) is 45.4 Å². The van der Waals surface area contributed by atoms with Crippen molar-refractivity contribution in [2.45, 2.75) is 40.2 Å². The molecule has 2 aromatic rings. The van der Waals surface area contributed by atoms with Gasteiger partial charge < -0.3 is 10.1 Å². The second-order valence-electron chi connectivity index (χ2n) is 5.19. The molecule has 0 aliphatic carbocycles. The van der Waals surface area contributed by atoms with Gasteiger partial charge in [0.25, 0.3) is 0 Å². The molecule has 1 aromatic carbocycles. The Morgan fingerprint density at radius 1 is 1.29 bits per heavy atom. The lowest BCUT2D eigenvalue weighted by Crippen LogP contribution is -2.12. The molecular formula is C17H24N2OS. The van der Waals surface area contributed by atoms with E-state index in [0.717, 1.165) is 36.7 Å². The Morgan fingerprint density at radius 3 is 2.95 bits per heavy atom. The fourth-order valence-electron chi connectivity index (χ4n) is 2.06. The van der Waals surface area contributed by atoms with Crippen LogP contribution in [-0.2, 0) is 13.0 Å². The molecule has 0 aliphatic rings. The molecule has 0 atom stereocenters. The van der Waals surface area contributed by atoms with Gasteiger partial charge in [0.2, 0.25) is 0 Å². The van der Waals surface area contributed by atoms with E-state index < -0.39 is 0 Å². The van der Waals surface area contributed by atoms with Crippen LogP contribution in [0.25, 0.3) is 0 Å². The van der Waals surface area contributed by atoms with Gasteiger partial charge >= 0.3 is 0 Å². The zero-order chi connectivity index (χ0) is 15.1. The van der Waals surface area contributed by atoms with Gasteiger partial charge in [0.1, 0.15) is 5.75 Å². The van der Waals surface area contributed by atoms with Gasteiger partial charge in [0.15, 0.2) is 0 Å². The predicted octanol–water partition coefficient (Wildman–Crippen LogP) is 3.88. The molecule has 0 aliphatic heterocycles. The monoisotopic (exact) mass is 304 g/mol. The van der Waals surface area contributed by atoms with E-state index in [9.17, 15) is 0 Å². The molecule has 0 spiro atoms. The van der Waals surface area contributed by atoms with E-state index in [1.54, 1.807) is 11.3 Å². The number of hydrogen-bond acceptors (Lipinski definition) is 4. The SMILES string of the molecule is CCCNCc1cnc(CCOc2cccc(C)c2C)s1. The van der Waals surface area contributed by atoms with Crippen molar-refractivity contribution in [3.8, 4) is 5.75 Å². The maximum Gasteiger partial charge on any atom is 0.122 e. The Labute approximate surface area is 131 Å². The van der Waals surface area contributed by atoms with E-state index in [1.807, 2.05) is 18.3 Å². The molecule has 0 unspecified atom stereocenters. The largest absolute Gasteiger partial charge is 0.493 e. The van der Waals surface area contributed by atoms with Crippen LogP contribution < -0.4 is 10.1 Å². The van der Waals surface area contributed by atoms with E-state index in [2.05, 4.69) is 37.1 Å². The van der Waals surface area contributed by atoms with Crippen LogP contribution in [0.15, 0.2) is 24.4 Å². The molecule has 2 rings (SSSR count). The number of thiazole rings is 1. The number of hydrogen-bond donors (Lipinski definition) is 1. The average molecular weight is 304 g/mol. The zero-order valence-corrected chi connectivity index (χ0v) is 13.9. The highest BCUT2D eigenvalue weighted by Crippen LogP contribution is 2.21. The molecular weight excluding hydrogens is 280 g/mol. The Hall–Kier alpha value is -1.39. The molecule has 1 N–H and O–H groups in total. The van der Waals surface area contributed by atoms with Crippen LogP contribution in [0.4, 0.5) is 0 Å². The van der Waals surface area contributed by atoms with E-state index in [0.29, 0.717) is 6.61 Å². The molecule has 114 valence electrons. The third-order valence-corrected chi connectivity index (χ3v) is 4.51. The number of rotatable bonds is 8. The van der Waals surface area contributed by atoms with E-state index in [-0.39, 0.29) is 0 Å². The normalized spacial score (nSPS) is 10.8. The summed E-state index contributed by atoms with van der Waals surface area (Å²) in [5, 5.41) is 4.55. The minimum Gasteiger partial charge on any atom is -0.493 e. The van der Waals surface area contributed by atoms with E-state index in [4.69, 9.17) is 4.74 Å². The highest BCUT2D eigenvalue weighted by molar-refractivity contribution is 7.11. The third-order valence-electron chi connectivity index (χ3n) is 3.46. The average Bonchev–Trinajstić information content (AvgIpc) is 2.92. The predicted molar refractivity (Wildman–Crippen MR) is 89.2 cm³/mol. The number of nitrogens with one attached hydrogen (secondary N) is 1. The molecule has 0 radical (unpaired) electrons. The van der Waals surface area contributed by atoms with Crippen molar-refractivity contribution in [2.75, 3.05) is 13.2 Å². The van der Waals surface area contributed by atoms with E-state index in [1.165, 1.54) is 16.0 Å². The van der Waals surface area contributed by atoms with Gasteiger partial charge in [-0.3, -0.25) is 0 Å². The summed E-state index contributed by atoms with van der Waals surface area (Å²) in [6, 6.07) is 6.18. The van der Waals surface area contributed by atoms with Crippen molar-refractivity contribution in [2.24, 2.45) is 0 Å². The quantitative estimate of drug-likeness (QED) is 0.752. The zero-order valence-electron chi connectivity index (χ0n) is 13.1. The fourth-order valence-corrected chi connectivity index (χ4v) is 2.94. The molecule has 3 nitrogen and oxygen atoms in total. The first kappa shape index (κ1) is 16.0. The van der Waals surface area contributed by atoms with Gasteiger partial charge in [-0.2, -0.15) is 0 Å². The smallest absolute Gasteiger partial charge is 0.122 e. The van der Waals surface area contributed by atoms with Crippen LogP contribution >= 0.6 is 11.3 Å². The van der Waals surface area contributed by atoms with Crippen molar-refractivity contribution < 1.29 is 4.74 Å². The first-order chi connectivity index (χ1) is 10.2. The Balaban J connectivity index is 1.79. The Kier molecular flexibility index (Phi) is 6.21. The molecule has 0 amide bonds. The molecule has 1 heterocycles. The molecule has 0 saturated heterocycles. The summed E-state index contributed by atoms with van der Waals surface area (Å²) in [7, 11) is 0. The minimum absolute atomic E-state index is 0.680. The second-order valence-corrected chi connectivity index (χ2v) is 6.39. The molecule has 4 heteroatoms. The summed E-state index contributed by atoms with van der Waals surface area (Å²) in [5.41, 5.74) is 2.49. The molecule has 21 heavy (non-hydrogen) atoms. The van der Waals surface area contributed by atoms with Crippen molar-refractivity contribution in [1.82, 2.24) is 10.3 Å². The van der Waals surface area contributed by atoms with Gasteiger partial charge in [-0.1, -0.05) is 19.1 Å². The van der Waals surface area contributed by atoms with Gasteiger partial charge in [-0.15, -0.1) is 11.3 Å². The number of aromatic nitrogens is 1. The molecule has 0 fully saturated rings. The van der Waals surface area contributed by atoms with Crippen molar-refractivity contribution in [1.29, 1.82) is 0 Å². The number of aryl methyl sites for hydroxylation is 1. The Morgan fingerprint density at radius 2 is 2.14 bits per heavy atom. The van der Waals surface area contributed by atoms with Crippen LogP contribution in [0.5, 0.6) is 5.75 Å². The molecule has 0 saturated carbocycles. The van der Waals surface area contributed by atoms with Gasteiger partial charge in [0.05, 0.1) is 11.6 Å². The minimum atomic E-state index is 0.680. The van der Waals surface area contributed by atoms with Gasteiger partial charge in [0, 0.05) is 24.0 Å². The van der Waals surface area contributed by atoms with Gasteiger partial charge in [-0.05, 0) is 44.0 Å². The third kappa shape index (κ3) is 4.83. The number of ether oxygens (including phenoxy) is 1. The van der Waals surface area contributed by atoms with Crippen LogP contribution in [-0.4, -0.2) is 18.1 Å². The highest BCUT2D eigenvalue weighted by atomic mass is 32.1. The summed E-state index contributed by atoms with van der Waals surface area (Å²) in [5.74, 6) is 0.983. The van der Waals surface area contributed by atoms with E-state index >= 15 is 0 Å². The molecule has 1 aromatic heterocycles. The number of benzene rings is 1. The lowest BCUT2D eigenvalue weighted by Gasteiger charge is -2.09. The summed E-state index contributed by atoms with van der Waals surface area (Å²) < 4.78 is 5.88. The van der Waals surface area contributed by atoms with Crippen molar-refractivity contribution in [3.63, 3.8) is 0 Å². The van der Waals surface area contributed by atoms with Crippen LogP contribution in [0, 0.1) is 13.8 Å². The fraction of sp³-hybridized carbons (Fsp3) is 0.471. The summed E-state index contributed by atoms with van der Waals surface area (Å²) in [6.45, 7) is 9.05. The van der Waals surface area contributed by atoms with Crippen LogP contribution in [0.2, 0.25) is 0 Å². The molecule has 0 bridgehead atoms. The summed E-state index contributed by atoms with van der Waals surface area (Å²) >= 11 is 1.77. The standard InChI is InChI=1S/C17H24N2OS/c1-4-9-18-11-15-12-19-17(21-15)8-10-20-16-7-5-6-13(2)14(16)3/h5-7,12,18H,4,8-11H2,1-3H3. The first-order valence-electron chi connectivity index (χ1n) is 7.54.